The van der Waals surface area contributed by atoms with E-state index in [1.54, 1.807) is 0 Å². The zero-order valence-corrected chi connectivity index (χ0v) is 12.2. The standard InChI is InChI=1S/C11H12ClNO4S2/c12-18(14,15)10-5-7-11(8-6-10)19(16,17)13-9-3-1-2-4-9/h1-2,5-9,13H,3-4H2. The number of hydrogen-bond donors (Lipinski definition) is 1. The highest BCUT2D eigenvalue weighted by atomic mass is 35.7. The van der Waals surface area contributed by atoms with Gasteiger partial charge in [-0.05, 0) is 37.1 Å². The highest BCUT2D eigenvalue weighted by Crippen LogP contribution is 2.19. The van der Waals surface area contributed by atoms with Crippen LogP contribution in [0.4, 0.5) is 0 Å². The topological polar surface area (TPSA) is 80.3 Å². The SMILES string of the molecule is O=S(=O)(Cl)c1ccc(S(=O)(=O)NC2CC=CC2)cc1. The summed E-state index contributed by atoms with van der Waals surface area (Å²) >= 11 is 0. The highest BCUT2D eigenvalue weighted by molar-refractivity contribution is 8.13. The van der Waals surface area contributed by atoms with Crippen molar-refractivity contribution in [1.82, 2.24) is 4.72 Å². The smallest absolute Gasteiger partial charge is 0.207 e. The second-order valence-electron chi connectivity index (χ2n) is 4.17. The van der Waals surface area contributed by atoms with Gasteiger partial charge in [0.15, 0.2) is 0 Å². The van der Waals surface area contributed by atoms with Gasteiger partial charge >= 0.3 is 0 Å². The van der Waals surface area contributed by atoms with Crippen molar-refractivity contribution in [2.45, 2.75) is 28.7 Å². The lowest BCUT2D eigenvalue weighted by Gasteiger charge is -2.12. The molecule has 0 atom stereocenters. The summed E-state index contributed by atoms with van der Waals surface area (Å²) in [6.45, 7) is 0. The summed E-state index contributed by atoms with van der Waals surface area (Å²) in [7, 11) is -2.31. The van der Waals surface area contributed by atoms with Crippen LogP contribution in [0.2, 0.25) is 0 Å². The quantitative estimate of drug-likeness (QED) is 0.675. The van der Waals surface area contributed by atoms with Crippen LogP contribution < -0.4 is 4.72 Å². The minimum atomic E-state index is -3.84. The molecule has 0 spiro atoms. The first-order valence-corrected chi connectivity index (χ1v) is 9.30. The maximum Gasteiger partial charge on any atom is 0.261 e. The Hall–Kier alpha value is -0.890. The highest BCUT2D eigenvalue weighted by Gasteiger charge is 2.21. The molecular weight excluding hydrogens is 310 g/mol. The van der Waals surface area contributed by atoms with E-state index in [2.05, 4.69) is 4.72 Å². The Balaban J connectivity index is 2.21. The van der Waals surface area contributed by atoms with Gasteiger partial charge in [-0.3, -0.25) is 0 Å². The van der Waals surface area contributed by atoms with E-state index in [9.17, 15) is 16.8 Å². The molecule has 0 bridgehead atoms. The Kier molecular flexibility index (Phi) is 4.00. The average molecular weight is 322 g/mol. The van der Waals surface area contributed by atoms with Gasteiger partial charge in [0.2, 0.25) is 10.0 Å². The number of rotatable bonds is 4. The molecule has 1 aliphatic rings. The van der Waals surface area contributed by atoms with Crippen LogP contribution in [-0.2, 0) is 19.1 Å². The summed E-state index contributed by atoms with van der Waals surface area (Å²) in [5.74, 6) is 0. The molecule has 1 aromatic carbocycles. The predicted molar refractivity (Wildman–Crippen MR) is 72.0 cm³/mol. The van der Waals surface area contributed by atoms with Crippen molar-refractivity contribution in [3.05, 3.63) is 36.4 Å². The molecule has 8 heteroatoms. The summed E-state index contributed by atoms with van der Waals surface area (Å²) < 4.78 is 48.7. The Morgan fingerprint density at radius 1 is 0.947 bits per heavy atom. The van der Waals surface area contributed by atoms with Gasteiger partial charge in [0.1, 0.15) is 0 Å². The summed E-state index contributed by atoms with van der Waals surface area (Å²) in [4.78, 5) is -0.112. The Morgan fingerprint density at radius 2 is 1.42 bits per heavy atom. The third-order valence-electron chi connectivity index (χ3n) is 2.75. The van der Waals surface area contributed by atoms with Crippen LogP contribution in [0.1, 0.15) is 12.8 Å². The minimum absolute atomic E-state index is 0.0171. The van der Waals surface area contributed by atoms with E-state index in [0.717, 1.165) is 0 Å². The molecule has 0 amide bonds. The van der Waals surface area contributed by atoms with E-state index >= 15 is 0 Å². The van der Waals surface area contributed by atoms with Crippen molar-refractivity contribution in [3.8, 4) is 0 Å². The molecule has 0 radical (unpaired) electrons. The van der Waals surface area contributed by atoms with Crippen molar-refractivity contribution >= 4 is 29.8 Å². The van der Waals surface area contributed by atoms with E-state index < -0.39 is 19.1 Å². The summed E-state index contributed by atoms with van der Waals surface area (Å²) in [5, 5.41) is 0. The fraction of sp³-hybridized carbons (Fsp3) is 0.273. The van der Waals surface area contributed by atoms with Crippen molar-refractivity contribution in [1.29, 1.82) is 0 Å². The monoisotopic (exact) mass is 321 g/mol. The van der Waals surface area contributed by atoms with E-state index in [-0.39, 0.29) is 15.8 Å². The van der Waals surface area contributed by atoms with Crippen molar-refractivity contribution in [2.75, 3.05) is 0 Å². The van der Waals surface area contributed by atoms with Crippen LogP contribution in [0, 0.1) is 0 Å². The lowest BCUT2D eigenvalue weighted by atomic mass is 10.3. The molecule has 0 saturated heterocycles. The molecule has 0 fully saturated rings. The normalized spacial score (nSPS) is 16.9. The largest absolute Gasteiger partial charge is 0.261 e. The maximum absolute atomic E-state index is 12.0. The zero-order valence-electron chi connectivity index (χ0n) is 9.78. The van der Waals surface area contributed by atoms with Gasteiger partial charge < -0.3 is 0 Å². The molecular formula is C11H12ClNO4S2. The second-order valence-corrected chi connectivity index (χ2v) is 8.45. The maximum atomic E-state index is 12.0. The van der Waals surface area contributed by atoms with Gasteiger partial charge in [-0.25, -0.2) is 21.6 Å². The van der Waals surface area contributed by atoms with Crippen molar-refractivity contribution in [3.63, 3.8) is 0 Å². The Labute approximate surface area is 116 Å². The Bertz CT molecular complexity index is 685. The molecule has 19 heavy (non-hydrogen) atoms. The lowest BCUT2D eigenvalue weighted by molar-refractivity contribution is 0.557. The summed E-state index contributed by atoms with van der Waals surface area (Å²) in [5.41, 5.74) is 0. The van der Waals surface area contributed by atoms with Gasteiger partial charge in [-0.1, -0.05) is 12.2 Å². The molecule has 0 heterocycles. The number of sulfonamides is 1. The second kappa shape index (κ2) is 5.24. The molecule has 2 rings (SSSR count). The third kappa shape index (κ3) is 3.56. The summed E-state index contributed by atoms with van der Waals surface area (Å²) in [6.07, 6.45) is 5.15. The molecule has 0 aromatic heterocycles. The van der Waals surface area contributed by atoms with Crippen molar-refractivity contribution in [2.24, 2.45) is 0 Å². The molecule has 0 saturated carbocycles. The third-order valence-corrected chi connectivity index (χ3v) is 5.65. The van der Waals surface area contributed by atoms with E-state index in [1.165, 1.54) is 24.3 Å². The van der Waals surface area contributed by atoms with Crippen LogP contribution in [0.3, 0.4) is 0 Å². The average Bonchev–Trinajstić information content (AvgIpc) is 2.80. The van der Waals surface area contributed by atoms with Gasteiger partial charge in [0.05, 0.1) is 9.79 Å². The van der Waals surface area contributed by atoms with Gasteiger partial charge in [-0.15, -0.1) is 0 Å². The van der Waals surface area contributed by atoms with Gasteiger partial charge in [0, 0.05) is 16.7 Å². The molecule has 5 nitrogen and oxygen atoms in total. The fourth-order valence-electron chi connectivity index (χ4n) is 1.78. The minimum Gasteiger partial charge on any atom is -0.207 e. The number of benzene rings is 1. The zero-order chi connectivity index (χ0) is 14.1. The van der Waals surface area contributed by atoms with Crippen molar-refractivity contribution < 1.29 is 16.8 Å². The van der Waals surface area contributed by atoms with E-state index in [0.29, 0.717) is 12.8 Å². The molecule has 0 unspecified atom stereocenters. The first-order chi connectivity index (χ1) is 8.79. The molecule has 0 aliphatic heterocycles. The van der Waals surface area contributed by atoms with Crippen LogP contribution >= 0.6 is 10.7 Å². The van der Waals surface area contributed by atoms with Crippen LogP contribution in [0.5, 0.6) is 0 Å². The number of halogens is 1. The molecule has 1 N–H and O–H groups in total. The van der Waals surface area contributed by atoms with Crippen LogP contribution in [-0.4, -0.2) is 22.9 Å². The lowest BCUT2D eigenvalue weighted by Crippen LogP contribution is -2.32. The summed E-state index contributed by atoms with van der Waals surface area (Å²) in [6, 6.07) is 4.65. The number of nitrogens with one attached hydrogen (secondary N) is 1. The number of hydrogen-bond acceptors (Lipinski definition) is 4. The molecule has 104 valence electrons. The first-order valence-electron chi connectivity index (χ1n) is 5.51. The molecule has 1 aromatic rings. The van der Waals surface area contributed by atoms with Gasteiger partial charge in [-0.2, -0.15) is 0 Å². The van der Waals surface area contributed by atoms with E-state index in [1.807, 2.05) is 12.2 Å². The Morgan fingerprint density at radius 3 is 1.89 bits per heavy atom. The van der Waals surface area contributed by atoms with Crippen LogP contribution in [0.15, 0.2) is 46.2 Å². The first kappa shape index (κ1) is 14.5. The predicted octanol–water partition coefficient (Wildman–Crippen LogP) is 1.61. The molecule has 1 aliphatic carbocycles. The van der Waals surface area contributed by atoms with Crippen LogP contribution in [0.25, 0.3) is 0 Å². The van der Waals surface area contributed by atoms with Gasteiger partial charge in [0.25, 0.3) is 9.05 Å². The fourth-order valence-corrected chi connectivity index (χ4v) is 3.81. The van der Waals surface area contributed by atoms with E-state index in [4.69, 9.17) is 10.7 Å².